The zero-order valence-corrected chi connectivity index (χ0v) is 15.0. The summed E-state index contributed by atoms with van der Waals surface area (Å²) in [6.07, 6.45) is 0. The van der Waals surface area contributed by atoms with Crippen molar-refractivity contribution < 1.29 is 27.5 Å². The van der Waals surface area contributed by atoms with Gasteiger partial charge in [0.05, 0.1) is 21.7 Å². The number of anilines is 1. The second kappa shape index (κ2) is 6.81. The number of hydrogen-bond acceptors (Lipinski definition) is 8. The van der Waals surface area contributed by atoms with Crippen molar-refractivity contribution in [3.63, 3.8) is 0 Å². The second-order valence-corrected chi connectivity index (χ2v) is 8.28. The van der Waals surface area contributed by atoms with Gasteiger partial charge in [0.2, 0.25) is 0 Å². The van der Waals surface area contributed by atoms with E-state index < -0.39 is 27.0 Å². The highest BCUT2D eigenvalue weighted by atomic mass is 32.2. The molecule has 2 heterocycles. The number of carboxylic acids is 1. The van der Waals surface area contributed by atoms with Gasteiger partial charge in [-0.15, -0.1) is 11.3 Å². The first kappa shape index (κ1) is 18.0. The number of carbonyl (C=O) groups is 1. The number of carboxylic acid groups (broad SMARTS) is 1. The van der Waals surface area contributed by atoms with E-state index >= 15 is 0 Å². The van der Waals surface area contributed by atoms with Gasteiger partial charge in [-0.1, -0.05) is 0 Å². The topological polar surface area (TPSA) is 123 Å². The molecule has 0 unspecified atom stereocenters. The molecule has 2 aromatic heterocycles. The molecule has 0 atom stereocenters. The summed E-state index contributed by atoms with van der Waals surface area (Å²) in [5, 5.41) is 12.1. The van der Waals surface area contributed by atoms with E-state index in [1.165, 1.54) is 31.4 Å². The van der Waals surface area contributed by atoms with Crippen LogP contribution in [0, 0.1) is 0 Å². The average Bonchev–Trinajstić information content (AvgIpc) is 3.01. The number of aromatic carboxylic acids is 1. The maximum Gasteiger partial charge on any atom is 0.351 e. The number of fused-ring (bicyclic) bond motifs is 1. The minimum Gasteiger partial charge on any atom is -0.497 e. The van der Waals surface area contributed by atoms with Crippen LogP contribution >= 0.6 is 11.3 Å². The van der Waals surface area contributed by atoms with Crippen LogP contribution in [0.15, 0.2) is 50.5 Å². The molecule has 0 bridgehead atoms. The Morgan fingerprint density at radius 1 is 1.27 bits per heavy atom. The summed E-state index contributed by atoms with van der Waals surface area (Å²) in [6, 6.07) is 8.65. The van der Waals surface area contributed by atoms with Crippen molar-refractivity contribution in [1.29, 1.82) is 0 Å². The van der Waals surface area contributed by atoms with Gasteiger partial charge in [-0.3, -0.25) is 0 Å². The molecule has 0 aliphatic rings. The molecule has 136 valence electrons. The van der Waals surface area contributed by atoms with Crippen LogP contribution in [0.3, 0.4) is 0 Å². The number of methoxy groups -OCH3 is 1. The fourth-order valence-electron chi connectivity index (χ4n) is 2.18. The van der Waals surface area contributed by atoms with Crippen LogP contribution in [-0.4, -0.2) is 32.5 Å². The minimum atomic E-state index is -3.60. The molecule has 0 fully saturated rings. The quantitative estimate of drug-likeness (QED) is 0.652. The molecule has 2 N–H and O–H groups in total. The molecule has 0 amide bonds. The van der Waals surface area contributed by atoms with Crippen molar-refractivity contribution >= 4 is 42.4 Å². The van der Waals surface area contributed by atoms with Crippen LogP contribution in [0.25, 0.3) is 10.3 Å². The van der Waals surface area contributed by atoms with Gasteiger partial charge in [-0.2, -0.15) is 0 Å². The third-order valence-electron chi connectivity index (χ3n) is 3.51. The molecule has 1 aromatic carbocycles. The fourth-order valence-corrected chi connectivity index (χ4v) is 4.26. The van der Waals surface area contributed by atoms with E-state index in [-0.39, 0.29) is 16.4 Å². The van der Waals surface area contributed by atoms with E-state index in [9.17, 15) is 18.0 Å². The first-order valence-electron chi connectivity index (χ1n) is 7.22. The fraction of sp³-hybridized carbons (Fsp3) is 0.125. The number of thiophene rings is 1. The summed E-state index contributed by atoms with van der Waals surface area (Å²) in [7, 11) is -2.11. The van der Waals surface area contributed by atoms with Gasteiger partial charge in [0.15, 0.2) is 15.4 Å². The van der Waals surface area contributed by atoms with E-state index in [1.807, 2.05) is 0 Å². The number of rotatable bonds is 6. The monoisotopic (exact) mass is 395 g/mol. The van der Waals surface area contributed by atoms with Crippen molar-refractivity contribution in [3.05, 3.63) is 52.4 Å². The van der Waals surface area contributed by atoms with E-state index in [2.05, 4.69) is 5.32 Å². The lowest BCUT2D eigenvalue weighted by molar-refractivity contribution is 0.0692. The summed E-state index contributed by atoms with van der Waals surface area (Å²) >= 11 is 1.09. The number of ether oxygens (including phenoxy) is 1. The van der Waals surface area contributed by atoms with Gasteiger partial charge in [0, 0.05) is 6.07 Å². The lowest BCUT2D eigenvalue weighted by Gasteiger charge is -2.06. The lowest BCUT2D eigenvalue weighted by Crippen LogP contribution is -2.14. The van der Waals surface area contributed by atoms with E-state index in [0.717, 1.165) is 11.3 Å². The van der Waals surface area contributed by atoms with Crippen LogP contribution in [0.4, 0.5) is 5.00 Å². The maximum absolute atomic E-state index is 12.4. The average molecular weight is 395 g/mol. The van der Waals surface area contributed by atoms with E-state index in [0.29, 0.717) is 15.5 Å². The third-order valence-corrected chi connectivity index (χ3v) is 6.04. The number of hydrogen-bond donors (Lipinski definition) is 2. The Balaban J connectivity index is 1.82. The maximum atomic E-state index is 12.4. The molecular formula is C16H13NO7S2. The molecule has 0 aliphatic heterocycles. The lowest BCUT2D eigenvalue weighted by atomic mass is 10.3. The standard InChI is InChI=1S/C16H13NO7S2/c1-23-9-2-4-10(5-3-9)26(21,22)8-17-14-7-12-13(25-14)6-11(15(18)19)16(20)24-12/h2-7,17H,8H2,1H3,(H,18,19). The Bertz CT molecular complexity index is 1130. The Hall–Kier alpha value is -2.85. The molecule has 0 saturated heterocycles. The summed E-state index contributed by atoms with van der Waals surface area (Å²) in [5.41, 5.74) is -1.24. The van der Waals surface area contributed by atoms with Gasteiger partial charge in [0.1, 0.15) is 17.2 Å². The number of nitrogens with one attached hydrogen (secondary N) is 1. The number of sulfone groups is 1. The SMILES string of the molecule is COc1ccc(S(=O)(=O)CNc2cc3oc(=O)c(C(=O)O)cc3s2)cc1. The first-order chi connectivity index (χ1) is 12.3. The molecule has 26 heavy (non-hydrogen) atoms. The molecule has 0 spiro atoms. The molecular weight excluding hydrogens is 382 g/mol. The van der Waals surface area contributed by atoms with Gasteiger partial charge in [-0.05, 0) is 30.3 Å². The predicted octanol–water partition coefficient (Wildman–Crippen LogP) is 2.40. The highest BCUT2D eigenvalue weighted by molar-refractivity contribution is 7.91. The predicted molar refractivity (Wildman–Crippen MR) is 96.0 cm³/mol. The number of benzene rings is 1. The highest BCUT2D eigenvalue weighted by Crippen LogP contribution is 2.30. The highest BCUT2D eigenvalue weighted by Gasteiger charge is 2.17. The van der Waals surface area contributed by atoms with Gasteiger partial charge in [-0.25, -0.2) is 18.0 Å². The first-order valence-corrected chi connectivity index (χ1v) is 9.69. The normalized spacial score (nSPS) is 11.4. The molecule has 0 aliphatic carbocycles. The van der Waals surface area contributed by atoms with Crippen molar-refractivity contribution in [3.8, 4) is 5.75 Å². The molecule has 3 aromatic rings. The second-order valence-electron chi connectivity index (χ2n) is 5.20. The Kier molecular flexibility index (Phi) is 4.70. The summed E-state index contributed by atoms with van der Waals surface area (Å²) < 4.78 is 35.1. The van der Waals surface area contributed by atoms with Crippen LogP contribution in [-0.2, 0) is 9.84 Å². The molecule has 0 radical (unpaired) electrons. The van der Waals surface area contributed by atoms with Gasteiger partial charge >= 0.3 is 11.6 Å². The van der Waals surface area contributed by atoms with Gasteiger partial charge in [0.25, 0.3) is 0 Å². The zero-order valence-electron chi connectivity index (χ0n) is 13.4. The van der Waals surface area contributed by atoms with Crippen LogP contribution in [0.1, 0.15) is 10.4 Å². The van der Waals surface area contributed by atoms with Crippen LogP contribution in [0.5, 0.6) is 5.75 Å². The largest absolute Gasteiger partial charge is 0.497 e. The van der Waals surface area contributed by atoms with Crippen LogP contribution < -0.4 is 15.7 Å². The third kappa shape index (κ3) is 3.55. The zero-order chi connectivity index (χ0) is 18.9. The molecule has 3 rings (SSSR count). The summed E-state index contributed by atoms with van der Waals surface area (Å²) in [4.78, 5) is 22.7. The van der Waals surface area contributed by atoms with Crippen molar-refractivity contribution in [2.75, 3.05) is 18.3 Å². The minimum absolute atomic E-state index is 0.131. The molecule has 0 saturated carbocycles. The Morgan fingerprint density at radius 3 is 2.58 bits per heavy atom. The Morgan fingerprint density at radius 2 is 1.96 bits per heavy atom. The van der Waals surface area contributed by atoms with E-state index in [4.69, 9.17) is 14.3 Å². The van der Waals surface area contributed by atoms with Gasteiger partial charge < -0.3 is 19.6 Å². The Labute approximate surface area is 151 Å². The smallest absolute Gasteiger partial charge is 0.351 e. The van der Waals surface area contributed by atoms with Crippen LogP contribution in [0.2, 0.25) is 0 Å². The van der Waals surface area contributed by atoms with E-state index in [1.54, 1.807) is 12.1 Å². The molecule has 8 nitrogen and oxygen atoms in total. The van der Waals surface area contributed by atoms with Crippen molar-refractivity contribution in [1.82, 2.24) is 0 Å². The van der Waals surface area contributed by atoms with Crippen molar-refractivity contribution in [2.24, 2.45) is 0 Å². The summed E-state index contributed by atoms with van der Waals surface area (Å²) in [5.74, 6) is -1.21. The summed E-state index contributed by atoms with van der Waals surface area (Å²) in [6.45, 7) is 0. The van der Waals surface area contributed by atoms with Crippen molar-refractivity contribution in [2.45, 2.75) is 4.90 Å². The molecule has 10 heteroatoms.